The Bertz CT molecular complexity index is 1410. The zero-order valence-corrected chi connectivity index (χ0v) is 21.8. The van der Waals surface area contributed by atoms with Crippen LogP contribution in [0, 0.1) is 12.8 Å². The van der Waals surface area contributed by atoms with E-state index in [0.717, 1.165) is 12.1 Å². The van der Waals surface area contributed by atoms with Crippen molar-refractivity contribution in [2.45, 2.75) is 51.6 Å². The van der Waals surface area contributed by atoms with Crippen molar-refractivity contribution >= 4 is 27.6 Å². The Hall–Kier alpha value is -3.67. The molecule has 3 aromatic rings. The first-order valence-electron chi connectivity index (χ1n) is 11.7. The first kappa shape index (κ1) is 25.4. The molecule has 3 aromatic heterocycles. The van der Waals surface area contributed by atoms with Gasteiger partial charge in [0.2, 0.25) is 5.88 Å². The number of ether oxygens (including phenoxy) is 1. The molecule has 1 fully saturated rings. The molecule has 11 nitrogen and oxygen atoms in total. The van der Waals surface area contributed by atoms with Gasteiger partial charge in [0.15, 0.2) is 10.8 Å². The highest BCUT2D eigenvalue weighted by Gasteiger charge is 2.39. The summed E-state index contributed by atoms with van der Waals surface area (Å²) in [5, 5.41) is 4.13. The zero-order chi connectivity index (χ0) is 26.3. The molecule has 1 saturated heterocycles. The molecule has 36 heavy (non-hydrogen) atoms. The average molecular weight is 518 g/mol. The van der Waals surface area contributed by atoms with Crippen LogP contribution in [-0.4, -0.2) is 52.8 Å². The molecule has 196 valence electrons. The second-order valence-electron chi connectivity index (χ2n) is 9.58. The largest absolute Gasteiger partial charge is 0.477 e. The van der Waals surface area contributed by atoms with Crippen LogP contribution in [0.15, 0.2) is 41.4 Å². The maximum Gasteiger partial charge on any atom is 0.281 e. The number of sulfonamides is 1. The molecule has 0 aromatic carbocycles. The highest BCUT2D eigenvalue weighted by molar-refractivity contribution is 7.90. The first-order chi connectivity index (χ1) is 16.9. The second-order valence-corrected chi connectivity index (χ2v) is 11.2. The fraction of sp³-hybridized carbons (Fsp3) is 0.417. The van der Waals surface area contributed by atoms with Crippen LogP contribution in [0.2, 0.25) is 0 Å². The third-order valence-corrected chi connectivity index (χ3v) is 7.29. The summed E-state index contributed by atoms with van der Waals surface area (Å²) < 4.78 is 35.0. The highest BCUT2D eigenvalue weighted by Crippen LogP contribution is 2.38. The number of anilines is 2. The van der Waals surface area contributed by atoms with Crippen LogP contribution < -0.4 is 20.1 Å². The number of hydrogen-bond acceptors (Lipinski definition) is 9. The Labute approximate surface area is 213 Å². The van der Waals surface area contributed by atoms with Gasteiger partial charge in [-0.15, -0.1) is 5.10 Å². The van der Waals surface area contributed by atoms with Gasteiger partial charge in [0, 0.05) is 26.7 Å². The predicted octanol–water partition coefficient (Wildman–Crippen LogP) is 3.19. The van der Waals surface area contributed by atoms with Crippen molar-refractivity contribution in [3.8, 4) is 11.7 Å². The fourth-order valence-electron chi connectivity index (χ4n) is 4.61. The van der Waals surface area contributed by atoms with Gasteiger partial charge >= 0.3 is 0 Å². The topological polar surface area (TPSA) is 145 Å². The minimum absolute atomic E-state index is 0. The number of nitrogens with zero attached hydrogens (tertiary/aromatic N) is 5. The van der Waals surface area contributed by atoms with E-state index in [-0.39, 0.29) is 24.8 Å². The van der Waals surface area contributed by atoms with Crippen molar-refractivity contribution in [2.75, 3.05) is 23.8 Å². The first-order valence-corrected chi connectivity index (χ1v) is 13.2. The summed E-state index contributed by atoms with van der Waals surface area (Å²) in [5.41, 5.74) is 6.26. The number of pyridine rings is 2. The van der Waals surface area contributed by atoms with Crippen LogP contribution in [0.3, 0.4) is 0 Å². The van der Waals surface area contributed by atoms with Gasteiger partial charge < -0.3 is 15.4 Å². The summed E-state index contributed by atoms with van der Waals surface area (Å²) in [4.78, 5) is 24.0. The van der Waals surface area contributed by atoms with Gasteiger partial charge in [-0.05, 0) is 64.3 Å². The van der Waals surface area contributed by atoms with Crippen LogP contribution in [0.5, 0.6) is 5.88 Å². The number of nitrogens with one attached hydrogen (secondary N) is 1. The molecular formula is C24H35N7O4S. The smallest absolute Gasteiger partial charge is 0.281 e. The minimum Gasteiger partial charge on any atom is -0.477 e. The summed E-state index contributed by atoms with van der Waals surface area (Å²) in [6.07, 6.45) is 0.890. The van der Waals surface area contributed by atoms with Gasteiger partial charge in [0.1, 0.15) is 11.6 Å². The van der Waals surface area contributed by atoms with Gasteiger partial charge in [-0.25, -0.2) is 19.4 Å². The third kappa shape index (κ3) is 4.99. The van der Waals surface area contributed by atoms with Crippen molar-refractivity contribution in [3.63, 3.8) is 0 Å². The summed E-state index contributed by atoms with van der Waals surface area (Å²) in [6, 6.07) is 9.20. The lowest BCUT2D eigenvalue weighted by Crippen LogP contribution is -2.41. The van der Waals surface area contributed by atoms with Crippen LogP contribution in [0.4, 0.5) is 11.6 Å². The maximum atomic E-state index is 13.3. The maximum absolute atomic E-state index is 13.3. The van der Waals surface area contributed by atoms with Crippen LogP contribution in [0.25, 0.3) is 5.82 Å². The molecule has 4 heterocycles. The molecule has 1 aliphatic heterocycles. The lowest BCUT2D eigenvalue weighted by Gasteiger charge is -2.34. The summed E-state index contributed by atoms with van der Waals surface area (Å²) >= 11 is 0. The Morgan fingerprint density at radius 2 is 2.03 bits per heavy atom. The lowest BCUT2D eigenvalue weighted by molar-refractivity contribution is 0.0981. The monoisotopic (exact) mass is 517 g/mol. The van der Waals surface area contributed by atoms with Crippen LogP contribution in [0.1, 0.15) is 53.0 Å². The lowest BCUT2D eigenvalue weighted by atomic mass is 9.97. The van der Waals surface area contributed by atoms with Gasteiger partial charge in [0.05, 0.1) is 12.2 Å². The molecule has 1 amide bonds. The molecule has 3 N–H and O–H groups in total. The van der Waals surface area contributed by atoms with E-state index in [1.165, 1.54) is 18.2 Å². The third-order valence-electron chi connectivity index (χ3n) is 6.06. The van der Waals surface area contributed by atoms with Crippen molar-refractivity contribution in [1.29, 1.82) is 0 Å². The van der Waals surface area contributed by atoms with Crippen molar-refractivity contribution in [3.05, 3.63) is 47.7 Å². The Balaban J connectivity index is 0.00000253. The van der Waals surface area contributed by atoms with E-state index in [0.29, 0.717) is 36.6 Å². The predicted molar refractivity (Wildman–Crippen MR) is 140 cm³/mol. The van der Waals surface area contributed by atoms with E-state index in [1.54, 1.807) is 22.9 Å². The second kappa shape index (κ2) is 9.41. The summed E-state index contributed by atoms with van der Waals surface area (Å²) in [5.74, 6) is 0.916. The number of nitrogen functional groups attached to an aromatic ring is 1. The van der Waals surface area contributed by atoms with E-state index in [1.807, 2.05) is 18.7 Å². The molecule has 12 heteroatoms. The van der Waals surface area contributed by atoms with E-state index in [9.17, 15) is 13.2 Å². The zero-order valence-electron chi connectivity index (χ0n) is 21.0. The number of rotatable bonds is 7. The molecule has 0 unspecified atom stereocenters. The molecule has 0 spiro atoms. The number of hydrogen-bond donors (Lipinski definition) is 2. The van der Waals surface area contributed by atoms with Gasteiger partial charge in [-0.1, -0.05) is 13.0 Å². The van der Waals surface area contributed by atoms with Crippen molar-refractivity contribution < 1.29 is 20.8 Å². The number of carbonyl (C=O) groups is 1. The molecule has 4 rings (SSSR count). The van der Waals surface area contributed by atoms with E-state index in [4.69, 9.17) is 15.5 Å². The number of aromatic nitrogens is 4. The minimum atomic E-state index is -4.25. The van der Waals surface area contributed by atoms with Crippen molar-refractivity contribution in [1.82, 2.24) is 24.5 Å². The van der Waals surface area contributed by atoms with Gasteiger partial charge in [-0.2, -0.15) is 8.42 Å². The highest BCUT2D eigenvalue weighted by atomic mass is 32.2. The van der Waals surface area contributed by atoms with Crippen molar-refractivity contribution in [2.24, 2.45) is 5.92 Å². The number of aryl methyl sites for hydroxylation is 1. The molecular weight excluding hydrogens is 482 g/mol. The molecule has 0 aliphatic carbocycles. The summed E-state index contributed by atoms with van der Waals surface area (Å²) in [6.45, 7) is 11.2. The quantitative estimate of drug-likeness (QED) is 0.482. The van der Waals surface area contributed by atoms with Gasteiger partial charge in [-0.3, -0.25) is 4.79 Å². The Kier molecular flexibility index (Phi) is 6.65. The van der Waals surface area contributed by atoms with E-state index in [2.05, 4.69) is 35.6 Å². The molecule has 0 saturated carbocycles. The molecule has 1 atom stereocenters. The van der Waals surface area contributed by atoms with Gasteiger partial charge in [0.25, 0.3) is 15.9 Å². The molecule has 0 bridgehead atoms. The number of amides is 1. The number of carbonyl (C=O) groups excluding carboxylic acids is 1. The van der Waals surface area contributed by atoms with E-state index >= 15 is 0 Å². The summed E-state index contributed by atoms with van der Waals surface area (Å²) in [7, 11) is -4.25. The van der Waals surface area contributed by atoms with E-state index < -0.39 is 15.9 Å². The molecule has 1 aliphatic rings. The SMILES string of the molecule is CCOc1cc(C)n(-c2ccc(C(=O)NS(=O)(=O)c3cccc(N)n3)c(N3C[C@@H](C)CC3(C)C)n2)n1.[HH].[HH]. The Morgan fingerprint density at radius 1 is 1.28 bits per heavy atom. The Morgan fingerprint density at radius 3 is 2.67 bits per heavy atom. The standard InChI is InChI=1S/C24H31N7O4S.2H2/c1-6-35-20-12-16(3)31(28-20)19-11-10-17(22(27-19)30-14-15(2)13-24(30,4)5)23(32)29-36(33,34)21-9-7-8-18(25)26-21;;/h7-12,15H,6,13-14H2,1-5H3,(H2,25,26)(H,29,32);2*1H/t15-;;/m0../s1. The molecule has 0 radical (unpaired) electrons. The normalized spacial score (nSPS) is 17.2. The van der Waals surface area contributed by atoms with Crippen LogP contribution >= 0.6 is 0 Å². The fourth-order valence-corrected chi connectivity index (χ4v) is 5.55. The average Bonchev–Trinajstić information content (AvgIpc) is 3.30. The van der Waals surface area contributed by atoms with Crippen LogP contribution in [-0.2, 0) is 10.0 Å². The number of nitrogens with two attached hydrogens (primary N) is 1.